The van der Waals surface area contributed by atoms with Crippen molar-refractivity contribution in [2.75, 3.05) is 51.3 Å². The quantitative estimate of drug-likeness (QED) is 0.426. The van der Waals surface area contributed by atoms with Gasteiger partial charge in [0.05, 0.1) is 19.6 Å². The normalized spacial score (nSPS) is 10.9. The minimum absolute atomic E-state index is 0.144. The molecule has 9 heteroatoms. The van der Waals surface area contributed by atoms with E-state index in [1.54, 1.807) is 16.7 Å². The Bertz CT molecular complexity index is 323. The number of carboxylic acid groups (broad SMARTS) is 3. The lowest BCUT2D eigenvalue weighted by Gasteiger charge is -2.24. The monoisotopic (exact) mass is 308 g/mol. The molecule has 0 aromatic carbocycles. The molecule has 116 valence electrons. The highest BCUT2D eigenvalue weighted by molar-refractivity contribution is 7.98. The van der Waals surface area contributed by atoms with E-state index in [1.807, 2.05) is 6.26 Å². The number of nitrogens with zero attached hydrogens (tertiary/aromatic N) is 2. The SMILES string of the molecule is CSCCN(CCN(CC(=O)O)CC(=O)O)CC(=O)O. The first-order valence-corrected chi connectivity index (χ1v) is 7.33. The van der Waals surface area contributed by atoms with Gasteiger partial charge in [-0.2, -0.15) is 11.8 Å². The average molecular weight is 308 g/mol. The first-order chi connectivity index (χ1) is 9.35. The van der Waals surface area contributed by atoms with Gasteiger partial charge in [-0.3, -0.25) is 24.2 Å². The number of carbonyl (C=O) groups is 3. The van der Waals surface area contributed by atoms with E-state index in [2.05, 4.69) is 0 Å². The molecule has 0 aliphatic heterocycles. The molecule has 8 nitrogen and oxygen atoms in total. The predicted octanol–water partition coefficient (Wildman–Crippen LogP) is -0.793. The van der Waals surface area contributed by atoms with Gasteiger partial charge in [-0.05, 0) is 6.26 Å². The Morgan fingerprint density at radius 3 is 1.60 bits per heavy atom. The van der Waals surface area contributed by atoms with E-state index < -0.39 is 17.9 Å². The van der Waals surface area contributed by atoms with Crippen molar-refractivity contribution in [2.45, 2.75) is 0 Å². The van der Waals surface area contributed by atoms with Crippen molar-refractivity contribution < 1.29 is 29.7 Å². The van der Waals surface area contributed by atoms with Crippen LogP contribution in [-0.2, 0) is 14.4 Å². The summed E-state index contributed by atoms with van der Waals surface area (Å²) in [6.45, 7) is 0.162. The Labute approximate surface area is 121 Å². The van der Waals surface area contributed by atoms with Gasteiger partial charge in [0.25, 0.3) is 0 Å². The topological polar surface area (TPSA) is 118 Å². The first-order valence-electron chi connectivity index (χ1n) is 5.94. The molecule has 0 fully saturated rings. The molecule has 0 aliphatic carbocycles. The van der Waals surface area contributed by atoms with E-state index in [0.29, 0.717) is 13.1 Å². The highest BCUT2D eigenvalue weighted by atomic mass is 32.2. The minimum atomic E-state index is -1.11. The van der Waals surface area contributed by atoms with Gasteiger partial charge < -0.3 is 15.3 Å². The molecule has 0 atom stereocenters. The summed E-state index contributed by atoms with van der Waals surface area (Å²) in [5.41, 5.74) is 0. The van der Waals surface area contributed by atoms with E-state index in [-0.39, 0.29) is 26.2 Å². The van der Waals surface area contributed by atoms with Gasteiger partial charge in [0.1, 0.15) is 0 Å². The summed E-state index contributed by atoms with van der Waals surface area (Å²) in [6.07, 6.45) is 1.90. The maximum Gasteiger partial charge on any atom is 0.317 e. The number of hydrogen-bond donors (Lipinski definition) is 3. The van der Waals surface area contributed by atoms with Crippen LogP contribution in [0.5, 0.6) is 0 Å². The Morgan fingerprint density at radius 2 is 1.20 bits per heavy atom. The number of hydrogen-bond acceptors (Lipinski definition) is 6. The third-order valence-corrected chi connectivity index (χ3v) is 3.01. The zero-order chi connectivity index (χ0) is 15.5. The Balaban J connectivity index is 4.38. The molecule has 0 unspecified atom stereocenters. The summed E-state index contributed by atoms with van der Waals surface area (Å²) in [7, 11) is 0. The summed E-state index contributed by atoms with van der Waals surface area (Å²) in [5, 5.41) is 26.2. The summed E-state index contributed by atoms with van der Waals surface area (Å²) in [6, 6.07) is 0. The van der Waals surface area contributed by atoms with E-state index >= 15 is 0 Å². The average Bonchev–Trinajstić information content (AvgIpc) is 2.30. The molecular weight excluding hydrogens is 288 g/mol. The van der Waals surface area contributed by atoms with E-state index in [1.165, 1.54) is 4.90 Å². The van der Waals surface area contributed by atoms with Gasteiger partial charge in [0.2, 0.25) is 0 Å². The molecule has 20 heavy (non-hydrogen) atoms. The van der Waals surface area contributed by atoms with Crippen molar-refractivity contribution in [3.63, 3.8) is 0 Å². The van der Waals surface area contributed by atoms with E-state index in [9.17, 15) is 14.4 Å². The summed E-state index contributed by atoms with van der Waals surface area (Å²) in [4.78, 5) is 34.9. The van der Waals surface area contributed by atoms with Gasteiger partial charge >= 0.3 is 17.9 Å². The number of carboxylic acids is 3. The lowest BCUT2D eigenvalue weighted by atomic mass is 10.4. The summed E-state index contributed by atoms with van der Waals surface area (Å²) >= 11 is 1.58. The van der Waals surface area contributed by atoms with Crippen LogP contribution in [-0.4, -0.2) is 94.3 Å². The molecule has 0 aromatic rings. The second-order valence-electron chi connectivity index (χ2n) is 4.16. The van der Waals surface area contributed by atoms with Gasteiger partial charge in [0.15, 0.2) is 0 Å². The summed E-state index contributed by atoms with van der Waals surface area (Å²) in [5.74, 6) is -2.43. The number of thioether (sulfide) groups is 1. The molecule has 0 saturated carbocycles. The van der Waals surface area contributed by atoms with E-state index in [4.69, 9.17) is 15.3 Å². The Morgan fingerprint density at radius 1 is 0.800 bits per heavy atom. The van der Waals surface area contributed by atoms with Crippen LogP contribution in [0.3, 0.4) is 0 Å². The Hall–Kier alpha value is -1.32. The molecule has 0 rings (SSSR count). The van der Waals surface area contributed by atoms with Crippen molar-refractivity contribution in [3.05, 3.63) is 0 Å². The number of rotatable bonds is 12. The maximum absolute atomic E-state index is 10.7. The molecule has 0 aliphatic rings. The van der Waals surface area contributed by atoms with Crippen LogP contribution in [0.2, 0.25) is 0 Å². The molecule has 0 amide bonds. The maximum atomic E-state index is 10.7. The fourth-order valence-corrected chi connectivity index (χ4v) is 2.00. The fraction of sp³-hybridized carbons (Fsp3) is 0.727. The molecule has 0 bridgehead atoms. The van der Waals surface area contributed by atoms with E-state index in [0.717, 1.165) is 5.75 Å². The molecule has 0 saturated heterocycles. The van der Waals surface area contributed by atoms with Gasteiger partial charge in [-0.25, -0.2) is 0 Å². The largest absolute Gasteiger partial charge is 0.480 e. The molecule has 0 aromatic heterocycles. The minimum Gasteiger partial charge on any atom is -0.480 e. The zero-order valence-electron chi connectivity index (χ0n) is 11.3. The van der Waals surface area contributed by atoms with Gasteiger partial charge in [0, 0.05) is 25.4 Å². The summed E-state index contributed by atoms with van der Waals surface area (Å²) < 4.78 is 0. The molecule has 0 heterocycles. The van der Waals surface area contributed by atoms with Crippen molar-refractivity contribution >= 4 is 29.7 Å². The molecule has 0 spiro atoms. The third-order valence-electron chi connectivity index (χ3n) is 2.42. The zero-order valence-corrected chi connectivity index (χ0v) is 12.1. The fourth-order valence-electron chi connectivity index (χ4n) is 1.56. The lowest BCUT2D eigenvalue weighted by molar-refractivity contribution is -0.143. The highest BCUT2D eigenvalue weighted by Gasteiger charge is 2.16. The standard InChI is InChI=1S/C11H20N2O6S/c1-20-5-4-12(6-9(14)15)2-3-13(7-10(16)17)8-11(18)19/h2-8H2,1H3,(H,14,15)(H,16,17)(H,18,19). The van der Waals surface area contributed by atoms with Crippen LogP contribution >= 0.6 is 11.8 Å². The second-order valence-corrected chi connectivity index (χ2v) is 5.15. The van der Waals surface area contributed by atoms with Crippen LogP contribution in [0, 0.1) is 0 Å². The van der Waals surface area contributed by atoms with Crippen LogP contribution in [0.15, 0.2) is 0 Å². The molecule has 0 radical (unpaired) electrons. The lowest BCUT2D eigenvalue weighted by Crippen LogP contribution is -2.42. The third kappa shape index (κ3) is 10.6. The first kappa shape index (κ1) is 18.7. The highest BCUT2D eigenvalue weighted by Crippen LogP contribution is 1.98. The predicted molar refractivity (Wildman–Crippen MR) is 74.2 cm³/mol. The second kappa shape index (κ2) is 10.5. The van der Waals surface area contributed by atoms with Crippen molar-refractivity contribution in [1.82, 2.24) is 9.80 Å². The van der Waals surface area contributed by atoms with Crippen LogP contribution < -0.4 is 0 Å². The van der Waals surface area contributed by atoms with Crippen molar-refractivity contribution in [3.8, 4) is 0 Å². The van der Waals surface area contributed by atoms with Gasteiger partial charge in [-0.15, -0.1) is 0 Å². The van der Waals surface area contributed by atoms with Crippen LogP contribution in [0.4, 0.5) is 0 Å². The molecular formula is C11H20N2O6S. The van der Waals surface area contributed by atoms with Crippen molar-refractivity contribution in [2.24, 2.45) is 0 Å². The smallest absolute Gasteiger partial charge is 0.317 e. The van der Waals surface area contributed by atoms with Crippen molar-refractivity contribution in [1.29, 1.82) is 0 Å². The van der Waals surface area contributed by atoms with Crippen LogP contribution in [0.25, 0.3) is 0 Å². The van der Waals surface area contributed by atoms with Gasteiger partial charge in [-0.1, -0.05) is 0 Å². The number of aliphatic carboxylic acids is 3. The van der Waals surface area contributed by atoms with Crippen LogP contribution in [0.1, 0.15) is 0 Å². The Kier molecular flexibility index (Phi) is 9.77. The molecule has 3 N–H and O–H groups in total.